The monoisotopic (exact) mass is 168 g/mol. The highest BCUT2D eigenvalue weighted by Gasteiger charge is 1.89. The van der Waals surface area contributed by atoms with Crippen molar-refractivity contribution in [3.8, 4) is 0 Å². The SMILES string of the molecule is C/C=C(\C)CC/C=C(\C)CCO. The molecule has 1 heteroatoms. The van der Waals surface area contributed by atoms with Crippen molar-refractivity contribution >= 4 is 0 Å². The van der Waals surface area contributed by atoms with Crippen LogP contribution in [0.4, 0.5) is 0 Å². The first kappa shape index (κ1) is 11.4. The van der Waals surface area contributed by atoms with E-state index in [4.69, 9.17) is 5.11 Å². The molecule has 0 unspecified atom stereocenters. The number of rotatable bonds is 5. The van der Waals surface area contributed by atoms with Gasteiger partial charge in [-0.05, 0) is 40.0 Å². The van der Waals surface area contributed by atoms with Crippen molar-refractivity contribution in [1.82, 2.24) is 0 Å². The van der Waals surface area contributed by atoms with Crippen LogP contribution in [-0.4, -0.2) is 11.7 Å². The van der Waals surface area contributed by atoms with Crippen molar-refractivity contribution in [3.63, 3.8) is 0 Å². The molecule has 0 rings (SSSR count). The molecule has 0 saturated heterocycles. The van der Waals surface area contributed by atoms with Gasteiger partial charge in [0.25, 0.3) is 0 Å². The Hall–Kier alpha value is -0.560. The predicted molar refractivity (Wildman–Crippen MR) is 54.1 cm³/mol. The van der Waals surface area contributed by atoms with Crippen molar-refractivity contribution in [2.24, 2.45) is 0 Å². The minimum absolute atomic E-state index is 0.269. The Bertz CT molecular complexity index is 166. The van der Waals surface area contributed by atoms with E-state index in [2.05, 4.69) is 32.9 Å². The summed E-state index contributed by atoms with van der Waals surface area (Å²) in [4.78, 5) is 0. The molecule has 0 radical (unpaired) electrons. The Kier molecular flexibility index (Phi) is 6.78. The van der Waals surface area contributed by atoms with Crippen LogP contribution in [0.2, 0.25) is 0 Å². The van der Waals surface area contributed by atoms with Gasteiger partial charge in [-0.25, -0.2) is 0 Å². The first-order chi connectivity index (χ1) is 5.70. The Morgan fingerprint density at radius 3 is 2.33 bits per heavy atom. The number of hydrogen-bond donors (Lipinski definition) is 1. The lowest BCUT2D eigenvalue weighted by atomic mass is 10.1. The van der Waals surface area contributed by atoms with Gasteiger partial charge in [0.15, 0.2) is 0 Å². The fraction of sp³-hybridized carbons (Fsp3) is 0.636. The largest absolute Gasteiger partial charge is 0.396 e. The van der Waals surface area contributed by atoms with E-state index in [9.17, 15) is 0 Å². The predicted octanol–water partition coefficient (Wildman–Crippen LogP) is 3.06. The van der Waals surface area contributed by atoms with E-state index in [-0.39, 0.29) is 6.61 Å². The Labute approximate surface area is 75.8 Å². The molecule has 1 nitrogen and oxygen atoms in total. The van der Waals surface area contributed by atoms with Crippen LogP contribution in [0, 0.1) is 0 Å². The number of hydrogen-bond acceptors (Lipinski definition) is 1. The molecule has 0 amide bonds. The van der Waals surface area contributed by atoms with Crippen LogP contribution < -0.4 is 0 Å². The Morgan fingerprint density at radius 1 is 1.17 bits per heavy atom. The molecule has 0 aliphatic carbocycles. The second kappa shape index (κ2) is 7.11. The van der Waals surface area contributed by atoms with Crippen LogP contribution in [0.5, 0.6) is 0 Å². The van der Waals surface area contributed by atoms with Crippen LogP contribution in [-0.2, 0) is 0 Å². The smallest absolute Gasteiger partial charge is 0.0468 e. The van der Waals surface area contributed by atoms with E-state index in [1.165, 1.54) is 11.1 Å². The van der Waals surface area contributed by atoms with E-state index >= 15 is 0 Å². The quantitative estimate of drug-likeness (QED) is 0.625. The van der Waals surface area contributed by atoms with Crippen molar-refractivity contribution in [3.05, 3.63) is 23.3 Å². The summed E-state index contributed by atoms with van der Waals surface area (Å²) >= 11 is 0. The minimum atomic E-state index is 0.269. The van der Waals surface area contributed by atoms with Gasteiger partial charge in [-0.2, -0.15) is 0 Å². The summed E-state index contributed by atoms with van der Waals surface area (Å²) in [6.07, 6.45) is 7.41. The van der Waals surface area contributed by atoms with Crippen molar-refractivity contribution in [2.75, 3.05) is 6.61 Å². The van der Waals surface area contributed by atoms with E-state index < -0.39 is 0 Å². The van der Waals surface area contributed by atoms with Crippen molar-refractivity contribution < 1.29 is 5.11 Å². The standard InChI is InChI=1S/C11H20O/c1-4-10(2)6-5-7-11(3)8-9-12/h4,7,12H,5-6,8-9H2,1-3H3/b10-4+,11-7+. The number of allylic oxidation sites excluding steroid dienone is 3. The van der Waals surface area contributed by atoms with Gasteiger partial charge in [0.1, 0.15) is 0 Å². The van der Waals surface area contributed by atoms with Crippen molar-refractivity contribution in [1.29, 1.82) is 0 Å². The molecule has 1 N–H and O–H groups in total. The number of aliphatic hydroxyl groups excluding tert-OH is 1. The van der Waals surface area contributed by atoms with Gasteiger partial charge in [-0.3, -0.25) is 0 Å². The van der Waals surface area contributed by atoms with Crippen LogP contribution in [0.15, 0.2) is 23.3 Å². The third-order valence-electron chi connectivity index (χ3n) is 2.03. The molecule has 0 aromatic heterocycles. The highest BCUT2D eigenvalue weighted by molar-refractivity contribution is 5.02. The fourth-order valence-corrected chi connectivity index (χ4v) is 0.969. The zero-order chi connectivity index (χ0) is 9.40. The van der Waals surface area contributed by atoms with Crippen molar-refractivity contribution in [2.45, 2.75) is 40.0 Å². The van der Waals surface area contributed by atoms with Crippen LogP contribution in [0.25, 0.3) is 0 Å². The van der Waals surface area contributed by atoms with Crippen LogP contribution >= 0.6 is 0 Å². The van der Waals surface area contributed by atoms with E-state index in [1.807, 2.05) is 0 Å². The average Bonchev–Trinajstić information content (AvgIpc) is 2.04. The molecule has 0 aliphatic rings. The molecule has 0 saturated carbocycles. The lowest BCUT2D eigenvalue weighted by molar-refractivity contribution is 0.299. The maximum Gasteiger partial charge on any atom is 0.0468 e. The third kappa shape index (κ3) is 6.17. The second-order valence-electron chi connectivity index (χ2n) is 3.20. The van der Waals surface area contributed by atoms with Gasteiger partial charge in [-0.15, -0.1) is 0 Å². The Balaban J connectivity index is 3.59. The fourth-order valence-electron chi connectivity index (χ4n) is 0.969. The normalized spacial score (nSPS) is 13.7. The summed E-state index contributed by atoms with van der Waals surface area (Å²) in [6.45, 7) is 6.56. The second-order valence-corrected chi connectivity index (χ2v) is 3.20. The van der Waals surface area contributed by atoms with E-state index in [1.54, 1.807) is 0 Å². The molecule has 0 fully saturated rings. The summed E-state index contributed by atoms with van der Waals surface area (Å²) in [5, 5.41) is 8.64. The van der Waals surface area contributed by atoms with Gasteiger partial charge in [0, 0.05) is 6.61 Å². The minimum Gasteiger partial charge on any atom is -0.396 e. The van der Waals surface area contributed by atoms with Gasteiger partial charge in [0.05, 0.1) is 0 Å². The Morgan fingerprint density at radius 2 is 1.83 bits per heavy atom. The van der Waals surface area contributed by atoms with Crippen LogP contribution in [0.1, 0.15) is 40.0 Å². The van der Waals surface area contributed by atoms with Gasteiger partial charge >= 0.3 is 0 Å². The molecule has 0 aliphatic heterocycles. The maximum atomic E-state index is 8.64. The zero-order valence-corrected chi connectivity index (χ0v) is 8.43. The lowest BCUT2D eigenvalue weighted by Crippen LogP contribution is -1.84. The molecule has 0 spiro atoms. The van der Waals surface area contributed by atoms with Gasteiger partial charge in [0.2, 0.25) is 0 Å². The first-order valence-corrected chi connectivity index (χ1v) is 4.59. The summed E-state index contributed by atoms with van der Waals surface area (Å²) in [7, 11) is 0. The lowest BCUT2D eigenvalue weighted by Gasteiger charge is -1.98. The summed E-state index contributed by atoms with van der Waals surface area (Å²) in [6, 6.07) is 0. The molecule has 0 atom stereocenters. The highest BCUT2D eigenvalue weighted by Crippen LogP contribution is 2.07. The highest BCUT2D eigenvalue weighted by atomic mass is 16.2. The summed E-state index contributed by atoms with van der Waals surface area (Å²) in [5.74, 6) is 0. The maximum absolute atomic E-state index is 8.64. The first-order valence-electron chi connectivity index (χ1n) is 4.59. The molecule has 0 bridgehead atoms. The molecular weight excluding hydrogens is 148 g/mol. The molecule has 0 aromatic rings. The molecule has 70 valence electrons. The molecular formula is C11H20O. The average molecular weight is 168 g/mol. The third-order valence-corrected chi connectivity index (χ3v) is 2.03. The van der Waals surface area contributed by atoms with Crippen LogP contribution in [0.3, 0.4) is 0 Å². The summed E-state index contributed by atoms with van der Waals surface area (Å²) < 4.78 is 0. The van der Waals surface area contributed by atoms with E-state index in [0.717, 1.165) is 19.3 Å². The molecule has 0 heterocycles. The van der Waals surface area contributed by atoms with Gasteiger partial charge in [-0.1, -0.05) is 23.3 Å². The molecule has 0 aromatic carbocycles. The topological polar surface area (TPSA) is 20.2 Å². The van der Waals surface area contributed by atoms with Gasteiger partial charge < -0.3 is 5.11 Å². The summed E-state index contributed by atoms with van der Waals surface area (Å²) in [5.41, 5.74) is 2.73. The van der Waals surface area contributed by atoms with E-state index in [0.29, 0.717) is 0 Å². The number of aliphatic hydroxyl groups is 1. The zero-order valence-electron chi connectivity index (χ0n) is 8.43. The molecule has 12 heavy (non-hydrogen) atoms.